The van der Waals surface area contributed by atoms with E-state index >= 15 is 0 Å². The number of thiophene rings is 1. The molecule has 0 saturated carbocycles. The summed E-state index contributed by atoms with van der Waals surface area (Å²) in [7, 11) is -6.97. The molecule has 0 bridgehead atoms. The third-order valence-electron chi connectivity index (χ3n) is 4.37. The van der Waals surface area contributed by atoms with Crippen molar-refractivity contribution in [2.24, 2.45) is 0 Å². The van der Waals surface area contributed by atoms with Crippen molar-refractivity contribution in [2.45, 2.75) is 28.3 Å². The molecule has 3 rings (SSSR count). The van der Waals surface area contributed by atoms with E-state index in [9.17, 15) is 16.8 Å². The third kappa shape index (κ3) is 4.49. The standard InChI is InChI=1S/C17H21NO4S3/c19-24(20)12-15(18-10-4-8-14-6-2-1-3-7-14)16(13-24)25(21,22)17-9-5-11-23-17/h1-3,5-7,9,11,15-16,18H,4,8,10,12-13H2/t15-,16-/m0/s1. The Kier molecular flexibility index (Phi) is 5.62. The summed E-state index contributed by atoms with van der Waals surface area (Å²) in [5, 5.41) is 3.96. The number of benzene rings is 1. The summed E-state index contributed by atoms with van der Waals surface area (Å²) in [6, 6.07) is 12.7. The third-order valence-corrected chi connectivity index (χ3v) is 9.95. The molecule has 2 atom stereocenters. The molecule has 5 nitrogen and oxygen atoms in total. The topological polar surface area (TPSA) is 80.3 Å². The van der Waals surface area contributed by atoms with Crippen molar-refractivity contribution in [3.63, 3.8) is 0 Å². The van der Waals surface area contributed by atoms with Crippen molar-refractivity contribution in [1.82, 2.24) is 5.32 Å². The Morgan fingerprint density at radius 2 is 1.84 bits per heavy atom. The molecule has 0 aliphatic carbocycles. The van der Waals surface area contributed by atoms with Gasteiger partial charge in [0.2, 0.25) is 0 Å². The summed E-state index contributed by atoms with van der Waals surface area (Å²) in [5.41, 5.74) is 1.21. The Bertz CT molecular complexity index is 891. The van der Waals surface area contributed by atoms with E-state index in [2.05, 4.69) is 5.32 Å². The molecule has 1 aliphatic rings. The molecule has 2 heterocycles. The number of aryl methyl sites for hydroxylation is 1. The van der Waals surface area contributed by atoms with Crippen LogP contribution < -0.4 is 5.32 Å². The van der Waals surface area contributed by atoms with Gasteiger partial charge < -0.3 is 5.32 Å². The van der Waals surface area contributed by atoms with Crippen molar-refractivity contribution in [1.29, 1.82) is 0 Å². The first-order valence-electron chi connectivity index (χ1n) is 8.14. The highest BCUT2D eigenvalue weighted by atomic mass is 32.2. The monoisotopic (exact) mass is 399 g/mol. The average molecular weight is 400 g/mol. The molecule has 1 aromatic carbocycles. The van der Waals surface area contributed by atoms with Gasteiger partial charge in [-0.05, 0) is 36.4 Å². The lowest BCUT2D eigenvalue weighted by molar-refractivity contribution is 0.521. The van der Waals surface area contributed by atoms with Gasteiger partial charge in [-0.3, -0.25) is 0 Å². The molecule has 25 heavy (non-hydrogen) atoms. The van der Waals surface area contributed by atoms with Gasteiger partial charge in [-0.15, -0.1) is 11.3 Å². The molecule has 1 N–H and O–H groups in total. The van der Waals surface area contributed by atoms with Crippen LogP contribution >= 0.6 is 11.3 Å². The molecule has 8 heteroatoms. The first-order valence-corrected chi connectivity index (χ1v) is 12.4. The zero-order valence-electron chi connectivity index (χ0n) is 13.7. The van der Waals surface area contributed by atoms with Gasteiger partial charge >= 0.3 is 0 Å². The van der Waals surface area contributed by atoms with Crippen LogP contribution in [0.5, 0.6) is 0 Å². The molecule has 136 valence electrons. The summed E-state index contributed by atoms with van der Waals surface area (Å²) < 4.78 is 49.8. The lowest BCUT2D eigenvalue weighted by Gasteiger charge is -2.19. The van der Waals surface area contributed by atoms with E-state index in [1.165, 1.54) is 11.6 Å². The SMILES string of the molecule is O=S1(=O)C[C@H](NCCCc2ccccc2)[C@@H](S(=O)(=O)c2cccs2)C1. The van der Waals surface area contributed by atoms with Crippen LogP contribution in [-0.4, -0.2) is 46.2 Å². The number of rotatable bonds is 7. The zero-order chi connectivity index (χ0) is 17.9. The van der Waals surface area contributed by atoms with Gasteiger partial charge in [-0.1, -0.05) is 36.4 Å². The zero-order valence-corrected chi connectivity index (χ0v) is 16.1. The maximum Gasteiger partial charge on any atom is 0.193 e. The summed E-state index contributed by atoms with van der Waals surface area (Å²) in [6.45, 7) is 0.589. The van der Waals surface area contributed by atoms with Gasteiger partial charge in [-0.25, -0.2) is 16.8 Å². The number of hydrogen-bond acceptors (Lipinski definition) is 6. The molecule has 0 radical (unpaired) electrons. The summed E-state index contributed by atoms with van der Waals surface area (Å²) in [4.78, 5) is 0. The van der Waals surface area contributed by atoms with E-state index in [1.54, 1.807) is 11.4 Å². The molecular weight excluding hydrogens is 378 g/mol. The Morgan fingerprint density at radius 1 is 1.08 bits per heavy atom. The maximum absolute atomic E-state index is 12.8. The highest BCUT2D eigenvalue weighted by Gasteiger charge is 2.45. The second-order valence-electron chi connectivity index (χ2n) is 6.24. The summed E-state index contributed by atoms with van der Waals surface area (Å²) in [5.74, 6) is -0.419. The summed E-state index contributed by atoms with van der Waals surface area (Å²) in [6.07, 6.45) is 1.70. The second kappa shape index (κ2) is 7.57. The van der Waals surface area contributed by atoms with Crippen molar-refractivity contribution < 1.29 is 16.8 Å². The fourth-order valence-corrected chi connectivity index (χ4v) is 9.05. The Morgan fingerprint density at radius 3 is 2.52 bits per heavy atom. The predicted molar refractivity (Wildman–Crippen MR) is 101 cm³/mol. The van der Waals surface area contributed by atoms with E-state index in [0.29, 0.717) is 6.54 Å². The van der Waals surface area contributed by atoms with Crippen LogP contribution in [-0.2, 0) is 26.1 Å². The molecule has 1 aromatic heterocycles. The average Bonchev–Trinajstić information content (AvgIpc) is 3.21. The summed E-state index contributed by atoms with van der Waals surface area (Å²) >= 11 is 1.13. The number of sulfone groups is 2. The molecule has 1 fully saturated rings. The highest BCUT2D eigenvalue weighted by molar-refractivity contribution is 7.97. The van der Waals surface area contributed by atoms with Crippen molar-refractivity contribution in [3.8, 4) is 0 Å². The van der Waals surface area contributed by atoms with E-state index < -0.39 is 31.0 Å². The largest absolute Gasteiger partial charge is 0.312 e. The minimum atomic E-state index is -3.63. The Hall–Kier alpha value is -1.22. The van der Waals surface area contributed by atoms with Gasteiger partial charge in [0.05, 0.1) is 16.8 Å². The van der Waals surface area contributed by atoms with Crippen LogP contribution in [0.2, 0.25) is 0 Å². The van der Waals surface area contributed by atoms with E-state index in [-0.39, 0.29) is 15.7 Å². The van der Waals surface area contributed by atoms with Gasteiger partial charge in [0.25, 0.3) is 0 Å². The van der Waals surface area contributed by atoms with Crippen LogP contribution in [0.1, 0.15) is 12.0 Å². The van der Waals surface area contributed by atoms with Crippen molar-refractivity contribution >= 4 is 31.0 Å². The number of nitrogens with one attached hydrogen (secondary N) is 1. The van der Waals surface area contributed by atoms with Crippen LogP contribution in [0.15, 0.2) is 52.1 Å². The smallest absolute Gasteiger partial charge is 0.193 e. The molecule has 0 spiro atoms. The van der Waals surface area contributed by atoms with Crippen molar-refractivity contribution in [2.75, 3.05) is 18.1 Å². The molecule has 2 aromatic rings. The van der Waals surface area contributed by atoms with Crippen LogP contribution in [0.25, 0.3) is 0 Å². The van der Waals surface area contributed by atoms with E-state index in [1.807, 2.05) is 30.3 Å². The van der Waals surface area contributed by atoms with Crippen molar-refractivity contribution in [3.05, 3.63) is 53.4 Å². The van der Waals surface area contributed by atoms with Gasteiger partial charge in [0.1, 0.15) is 4.21 Å². The maximum atomic E-state index is 12.8. The highest BCUT2D eigenvalue weighted by Crippen LogP contribution is 2.28. The lowest BCUT2D eigenvalue weighted by atomic mass is 10.1. The normalized spacial score (nSPS) is 22.9. The Balaban J connectivity index is 1.64. The molecule has 0 unspecified atom stereocenters. The lowest BCUT2D eigenvalue weighted by Crippen LogP contribution is -2.43. The molecular formula is C17H21NO4S3. The quantitative estimate of drug-likeness (QED) is 0.720. The van der Waals surface area contributed by atoms with Crippen LogP contribution in [0, 0.1) is 0 Å². The fourth-order valence-electron chi connectivity index (χ4n) is 3.11. The van der Waals surface area contributed by atoms with Gasteiger partial charge in [0.15, 0.2) is 19.7 Å². The minimum Gasteiger partial charge on any atom is -0.312 e. The van der Waals surface area contributed by atoms with Crippen LogP contribution in [0.3, 0.4) is 0 Å². The molecule has 1 aliphatic heterocycles. The molecule has 1 saturated heterocycles. The molecule has 0 amide bonds. The number of hydrogen-bond donors (Lipinski definition) is 1. The predicted octanol–water partition coefficient (Wildman–Crippen LogP) is 1.91. The van der Waals surface area contributed by atoms with Gasteiger partial charge in [0, 0.05) is 6.04 Å². The second-order valence-corrected chi connectivity index (χ2v) is 11.7. The fraction of sp³-hybridized carbons (Fsp3) is 0.412. The first kappa shape index (κ1) is 18.6. The first-order chi connectivity index (χ1) is 11.9. The Labute approximate surface area is 152 Å². The minimum absolute atomic E-state index is 0.117. The van der Waals surface area contributed by atoms with Gasteiger partial charge in [-0.2, -0.15) is 0 Å². The van der Waals surface area contributed by atoms with E-state index in [4.69, 9.17) is 0 Å². The van der Waals surface area contributed by atoms with Crippen LogP contribution in [0.4, 0.5) is 0 Å². The van der Waals surface area contributed by atoms with E-state index in [0.717, 1.165) is 24.2 Å².